The predicted molar refractivity (Wildman–Crippen MR) is 98.8 cm³/mol. The Hall–Kier alpha value is -2.64. The number of benzene rings is 2. The zero-order valence-corrected chi connectivity index (χ0v) is 15.1. The fourth-order valence-corrected chi connectivity index (χ4v) is 2.40. The molecule has 6 nitrogen and oxygen atoms in total. The number of amides is 3. The number of ether oxygens (including phenoxy) is 1. The Labute approximate surface area is 155 Å². The lowest BCUT2D eigenvalue weighted by atomic mass is 10.2. The summed E-state index contributed by atoms with van der Waals surface area (Å²) in [7, 11) is 2.97. The molecule has 2 aromatic rings. The van der Waals surface area contributed by atoms with Gasteiger partial charge in [0.2, 0.25) is 5.91 Å². The van der Waals surface area contributed by atoms with Crippen molar-refractivity contribution in [3.05, 3.63) is 58.9 Å². The van der Waals surface area contributed by atoms with Crippen LogP contribution in [0.5, 0.6) is 0 Å². The molecule has 0 fully saturated rings. The fourth-order valence-electron chi connectivity index (χ4n) is 2.18. The minimum atomic E-state index is -0.465. The first-order valence-corrected chi connectivity index (χ1v) is 8.12. The van der Waals surface area contributed by atoms with E-state index in [4.69, 9.17) is 16.3 Å². The van der Waals surface area contributed by atoms with Crippen LogP contribution in [0.4, 0.5) is 20.6 Å². The summed E-state index contributed by atoms with van der Waals surface area (Å²) < 4.78 is 18.6. The number of nitrogens with zero attached hydrogens (tertiary/aromatic N) is 1. The first kappa shape index (κ1) is 19.7. The third-order valence-electron chi connectivity index (χ3n) is 3.50. The van der Waals surface area contributed by atoms with Crippen LogP contribution < -0.4 is 10.6 Å². The lowest BCUT2D eigenvalue weighted by Crippen LogP contribution is -2.31. The summed E-state index contributed by atoms with van der Waals surface area (Å²) in [6.45, 7) is -0.00954. The van der Waals surface area contributed by atoms with Crippen LogP contribution >= 0.6 is 11.6 Å². The number of nitrogens with one attached hydrogen (secondary N) is 2. The first-order chi connectivity index (χ1) is 12.4. The van der Waals surface area contributed by atoms with E-state index in [1.807, 2.05) is 0 Å². The summed E-state index contributed by atoms with van der Waals surface area (Å²) in [5, 5.41) is 5.60. The lowest BCUT2D eigenvalue weighted by molar-refractivity contribution is -0.119. The molecule has 0 spiro atoms. The Balaban J connectivity index is 1.95. The largest absolute Gasteiger partial charge is 0.375 e. The molecule has 2 N–H and O–H groups in total. The Morgan fingerprint density at radius 2 is 1.73 bits per heavy atom. The van der Waals surface area contributed by atoms with E-state index >= 15 is 0 Å². The molecule has 0 atom stereocenters. The van der Waals surface area contributed by atoms with E-state index in [1.165, 1.54) is 31.2 Å². The molecule has 0 radical (unpaired) electrons. The second-order valence-corrected chi connectivity index (χ2v) is 5.95. The molecule has 26 heavy (non-hydrogen) atoms. The summed E-state index contributed by atoms with van der Waals surface area (Å²) >= 11 is 5.98. The van der Waals surface area contributed by atoms with Crippen LogP contribution in [0.25, 0.3) is 0 Å². The Bertz CT molecular complexity index is 764. The summed E-state index contributed by atoms with van der Waals surface area (Å²) in [5.41, 5.74) is 1.37. The van der Waals surface area contributed by atoms with Crippen molar-refractivity contribution in [2.24, 2.45) is 0 Å². The smallest absolute Gasteiger partial charge is 0.321 e. The number of carbonyl (C=O) groups is 2. The molecule has 2 rings (SSSR count). The second kappa shape index (κ2) is 9.17. The molecule has 8 heteroatoms. The molecule has 0 saturated heterocycles. The Morgan fingerprint density at radius 1 is 1.12 bits per heavy atom. The van der Waals surface area contributed by atoms with Gasteiger partial charge >= 0.3 is 6.03 Å². The molecule has 0 unspecified atom stereocenters. The molecule has 138 valence electrons. The van der Waals surface area contributed by atoms with Gasteiger partial charge in [-0.15, -0.1) is 0 Å². The summed E-state index contributed by atoms with van der Waals surface area (Å²) in [6, 6.07) is 10.5. The van der Waals surface area contributed by atoms with Gasteiger partial charge < -0.3 is 20.3 Å². The average Bonchev–Trinajstić information content (AvgIpc) is 2.60. The van der Waals surface area contributed by atoms with Crippen molar-refractivity contribution < 1.29 is 18.7 Å². The molecule has 0 heterocycles. The number of hydrogen-bond acceptors (Lipinski definition) is 3. The van der Waals surface area contributed by atoms with Crippen LogP contribution in [0.1, 0.15) is 5.56 Å². The lowest BCUT2D eigenvalue weighted by Gasteiger charge is -2.19. The molecule has 0 saturated carbocycles. The van der Waals surface area contributed by atoms with Gasteiger partial charge in [-0.25, -0.2) is 9.18 Å². The van der Waals surface area contributed by atoms with E-state index in [0.29, 0.717) is 11.4 Å². The topological polar surface area (TPSA) is 70.7 Å². The van der Waals surface area contributed by atoms with Crippen molar-refractivity contribution in [1.82, 2.24) is 4.90 Å². The highest BCUT2D eigenvalue weighted by atomic mass is 35.5. The van der Waals surface area contributed by atoms with Gasteiger partial charge in [-0.05, 0) is 36.4 Å². The average molecular weight is 380 g/mol. The molecule has 0 aliphatic carbocycles. The maximum absolute atomic E-state index is 13.8. The monoisotopic (exact) mass is 379 g/mol. The van der Waals surface area contributed by atoms with Crippen LogP contribution in [0.15, 0.2) is 42.5 Å². The van der Waals surface area contributed by atoms with E-state index in [-0.39, 0.29) is 29.6 Å². The molecule has 0 aliphatic rings. The van der Waals surface area contributed by atoms with Gasteiger partial charge in [0.1, 0.15) is 12.4 Å². The predicted octanol–water partition coefficient (Wildman–Crippen LogP) is 3.73. The molecule has 0 bridgehead atoms. The van der Waals surface area contributed by atoms with E-state index < -0.39 is 11.8 Å². The minimum Gasteiger partial charge on any atom is -0.375 e. The van der Waals surface area contributed by atoms with Crippen molar-refractivity contribution in [2.45, 2.75) is 6.54 Å². The van der Waals surface area contributed by atoms with Crippen molar-refractivity contribution in [3.8, 4) is 0 Å². The number of urea groups is 1. The van der Waals surface area contributed by atoms with Crippen molar-refractivity contribution in [3.63, 3.8) is 0 Å². The summed E-state index contributed by atoms with van der Waals surface area (Å²) in [5.74, 6) is -0.737. The molecular formula is C18H19ClFN3O3. The van der Waals surface area contributed by atoms with Crippen molar-refractivity contribution >= 4 is 34.9 Å². The number of rotatable bonds is 6. The SMILES string of the molecule is COCC(=O)Nc1ccc(NC(=O)N(C)Cc2c(F)cccc2Cl)cc1. The van der Waals surface area contributed by atoms with Crippen LogP contribution in [-0.4, -0.2) is 37.6 Å². The zero-order valence-electron chi connectivity index (χ0n) is 14.4. The first-order valence-electron chi connectivity index (χ1n) is 7.74. The highest BCUT2D eigenvalue weighted by Gasteiger charge is 2.14. The highest BCUT2D eigenvalue weighted by molar-refractivity contribution is 6.31. The third kappa shape index (κ3) is 5.44. The number of anilines is 2. The van der Waals surface area contributed by atoms with Gasteiger partial charge in [0.15, 0.2) is 0 Å². The zero-order chi connectivity index (χ0) is 19.1. The second-order valence-electron chi connectivity index (χ2n) is 5.54. The van der Waals surface area contributed by atoms with Crippen LogP contribution in [0.2, 0.25) is 5.02 Å². The van der Waals surface area contributed by atoms with E-state index in [2.05, 4.69) is 10.6 Å². The van der Waals surface area contributed by atoms with Crippen LogP contribution in [0.3, 0.4) is 0 Å². The van der Waals surface area contributed by atoms with Gasteiger partial charge in [-0.2, -0.15) is 0 Å². The van der Waals surface area contributed by atoms with Crippen LogP contribution in [-0.2, 0) is 16.1 Å². The molecule has 2 aromatic carbocycles. The van der Waals surface area contributed by atoms with E-state index in [1.54, 1.807) is 30.3 Å². The number of halogens is 2. The minimum absolute atomic E-state index is 0.0303. The van der Waals surface area contributed by atoms with Gasteiger partial charge in [-0.1, -0.05) is 17.7 Å². The highest BCUT2D eigenvalue weighted by Crippen LogP contribution is 2.21. The van der Waals surface area contributed by atoms with Gasteiger partial charge in [0.25, 0.3) is 0 Å². The Kier molecular flexibility index (Phi) is 6.94. The maximum Gasteiger partial charge on any atom is 0.321 e. The van der Waals surface area contributed by atoms with E-state index in [0.717, 1.165) is 0 Å². The van der Waals surface area contributed by atoms with Gasteiger partial charge in [-0.3, -0.25) is 4.79 Å². The normalized spacial score (nSPS) is 10.3. The molecular weight excluding hydrogens is 361 g/mol. The number of methoxy groups -OCH3 is 1. The number of hydrogen-bond donors (Lipinski definition) is 2. The van der Waals surface area contributed by atoms with Crippen LogP contribution in [0, 0.1) is 5.82 Å². The summed E-state index contributed by atoms with van der Waals surface area (Å²) in [6.07, 6.45) is 0. The number of carbonyl (C=O) groups excluding carboxylic acids is 2. The van der Waals surface area contributed by atoms with Crippen molar-refractivity contribution in [2.75, 3.05) is 31.4 Å². The standard InChI is InChI=1S/C18H19ClFN3O3/c1-23(10-14-15(19)4-3-5-16(14)20)18(25)22-13-8-6-12(7-9-13)21-17(24)11-26-2/h3-9H,10-11H2,1-2H3,(H,21,24)(H,22,25). The third-order valence-corrected chi connectivity index (χ3v) is 3.85. The van der Waals surface area contributed by atoms with E-state index in [9.17, 15) is 14.0 Å². The Morgan fingerprint density at radius 3 is 2.31 bits per heavy atom. The summed E-state index contributed by atoms with van der Waals surface area (Å²) in [4.78, 5) is 25.0. The van der Waals surface area contributed by atoms with Gasteiger partial charge in [0, 0.05) is 36.1 Å². The molecule has 0 aliphatic heterocycles. The molecule has 3 amide bonds. The van der Waals surface area contributed by atoms with Crippen molar-refractivity contribution in [1.29, 1.82) is 0 Å². The maximum atomic E-state index is 13.8. The fraction of sp³-hybridized carbons (Fsp3) is 0.222. The quantitative estimate of drug-likeness (QED) is 0.803. The van der Waals surface area contributed by atoms with Gasteiger partial charge in [0.05, 0.1) is 6.54 Å². The molecule has 0 aromatic heterocycles.